The van der Waals surface area contributed by atoms with E-state index in [2.05, 4.69) is 21.2 Å². The molecule has 1 heterocycles. The van der Waals surface area contributed by atoms with Gasteiger partial charge in [-0.05, 0) is 12.1 Å². The van der Waals surface area contributed by atoms with Gasteiger partial charge in [0.1, 0.15) is 6.17 Å². The molecule has 1 aromatic carbocycles. The third kappa shape index (κ3) is 1.03. The van der Waals surface area contributed by atoms with Gasteiger partial charge in [-0.25, -0.2) is 4.39 Å². The normalized spacial score (nSPS) is 21.1. The first-order chi connectivity index (χ1) is 5.29. The maximum Gasteiger partial charge on any atom is 0.145 e. The molecule has 0 fully saturated rings. The van der Waals surface area contributed by atoms with E-state index in [1.54, 1.807) is 0 Å². The highest BCUT2D eigenvalue weighted by Crippen LogP contribution is 2.37. The van der Waals surface area contributed by atoms with Crippen LogP contribution in [0.4, 0.5) is 10.1 Å². The first kappa shape index (κ1) is 7.10. The highest BCUT2D eigenvalue weighted by molar-refractivity contribution is 9.10. The minimum Gasteiger partial charge on any atom is -0.381 e. The Morgan fingerprint density at radius 2 is 2.36 bits per heavy atom. The molecule has 0 bridgehead atoms. The van der Waals surface area contributed by atoms with Crippen molar-refractivity contribution in [1.29, 1.82) is 0 Å². The number of alkyl halides is 1. The Morgan fingerprint density at radius 1 is 1.55 bits per heavy atom. The first-order valence-corrected chi connectivity index (χ1v) is 4.24. The van der Waals surface area contributed by atoms with E-state index >= 15 is 0 Å². The van der Waals surface area contributed by atoms with Crippen LogP contribution in [0.5, 0.6) is 0 Å². The molecule has 0 saturated heterocycles. The molecule has 1 unspecified atom stereocenters. The van der Waals surface area contributed by atoms with Gasteiger partial charge in [0.2, 0.25) is 0 Å². The summed E-state index contributed by atoms with van der Waals surface area (Å²) in [6, 6.07) is 5.64. The lowest BCUT2D eigenvalue weighted by Crippen LogP contribution is -1.94. The van der Waals surface area contributed by atoms with Crippen LogP contribution >= 0.6 is 15.9 Å². The average molecular weight is 216 g/mol. The summed E-state index contributed by atoms with van der Waals surface area (Å²) in [5, 5.41) is 2.99. The van der Waals surface area contributed by atoms with Crippen molar-refractivity contribution < 1.29 is 4.39 Å². The lowest BCUT2D eigenvalue weighted by atomic mass is 10.1. The van der Waals surface area contributed by atoms with Gasteiger partial charge >= 0.3 is 0 Å². The molecule has 58 valence electrons. The van der Waals surface area contributed by atoms with E-state index < -0.39 is 6.17 Å². The van der Waals surface area contributed by atoms with E-state index in [4.69, 9.17) is 0 Å². The van der Waals surface area contributed by atoms with Gasteiger partial charge in [0, 0.05) is 15.7 Å². The minimum absolute atomic E-state index is 0.401. The Hall–Kier alpha value is -0.570. The highest BCUT2D eigenvalue weighted by atomic mass is 79.9. The Morgan fingerprint density at radius 3 is 3.09 bits per heavy atom. The molecule has 1 aliphatic rings. The number of hydrogen-bond donors (Lipinski definition) is 1. The molecule has 0 spiro atoms. The van der Waals surface area contributed by atoms with Gasteiger partial charge < -0.3 is 5.32 Å². The summed E-state index contributed by atoms with van der Waals surface area (Å²) < 4.78 is 13.9. The van der Waals surface area contributed by atoms with E-state index in [1.807, 2.05) is 18.2 Å². The van der Waals surface area contributed by atoms with Crippen LogP contribution < -0.4 is 5.32 Å². The number of benzene rings is 1. The summed E-state index contributed by atoms with van der Waals surface area (Å²) in [6.45, 7) is 0.401. The molecular formula is C8H7BrFN. The predicted molar refractivity (Wildman–Crippen MR) is 46.5 cm³/mol. The van der Waals surface area contributed by atoms with Gasteiger partial charge in [-0.1, -0.05) is 22.0 Å². The second-order valence-electron chi connectivity index (χ2n) is 2.55. The molecule has 11 heavy (non-hydrogen) atoms. The molecule has 1 atom stereocenters. The molecule has 0 aliphatic carbocycles. The maximum absolute atomic E-state index is 13.1. The third-order valence-electron chi connectivity index (χ3n) is 1.84. The second-order valence-corrected chi connectivity index (χ2v) is 3.40. The molecule has 0 aromatic heterocycles. The summed E-state index contributed by atoms with van der Waals surface area (Å²) in [5.74, 6) is 0. The van der Waals surface area contributed by atoms with Crippen molar-refractivity contribution in [1.82, 2.24) is 0 Å². The monoisotopic (exact) mass is 215 g/mol. The SMILES string of the molecule is FC1CNc2cccc(Br)c21. The van der Waals surface area contributed by atoms with Gasteiger partial charge in [0.25, 0.3) is 0 Å². The van der Waals surface area contributed by atoms with Crippen LogP contribution in [0.2, 0.25) is 0 Å². The highest BCUT2D eigenvalue weighted by Gasteiger charge is 2.23. The average Bonchev–Trinajstić information content (AvgIpc) is 2.34. The third-order valence-corrected chi connectivity index (χ3v) is 2.53. The first-order valence-electron chi connectivity index (χ1n) is 3.45. The maximum atomic E-state index is 13.1. The number of halogens is 2. The Kier molecular flexibility index (Phi) is 1.60. The van der Waals surface area contributed by atoms with Gasteiger partial charge in [-0.15, -0.1) is 0 Å². The predicted octanol–water partition coefficient (Wildman–Crippen LogP) is 2.89. The van der Waals surface area contributed by atoms with Crippen LogP contribution in [0.25, 0.3) is 0 Å². The zero-order chi connectivity index (χ0) is 7.84. The van der Waals surface area contributed by atoms with Crippen LogP contribution in [0.1, 0.15) is 11.7 Å². The largest absolute Gasteiger partial charge is 0.381 e. The Labute approximate surface area is 72.7 Å². The number of nitrogens with one attached hydrogen (secondary N) is 1. The molecule has 0 radical (unpaired) electrons. The fourth-order valence-corrected chi connectivity index (χ4v) is 1.93. The molecule has 1 nitrogen and oxygen atoms in total. The number of hydrogen-bond acceptors (Lipinski definition) is 1. The van der Waals surface area contributed by atoms with E-state index in [0.29, 0.717) is 6.54 Å². The van der Waals surface area contributed by atoms with Gasteiger partial charge in [0.15, 0.2) is 0 Å². The molecule has 3 heteroatoms. The van der Waals surface area contributed by atoms with Crippen molar-refractivity contribution >= 4 is 21.6 Å². The number of anilines is 1. The van der Waals surface area contributed by atoms with Crippen LogP contribution in [0.3, 0.4) is 0 Å². The molecule has 1 N–H and O–H groups in total. The van der Waals surface area contributed by atoms with Crippen LogP contribution in [-0.2, 0) is 0 Å². The molecule has 0 saturated carbocycles. The summed E-state index contributed by atoms with van der Waals surface area (Å²) in [6.07, 6.45) is -0.861. The van der Waals surface area contributed by atoms with Gasteiger partial charge in [-0.3, -0.25) is 0 Å². The Bertz CT molecular complexity index is 287. The van der Waals surface area contributed by atoms with Gasteiger partial charge in [0.05, 0.1) is 6.54 Å². The van der Waals surface area contributed by atoms with E-state index in [0.717, 1.165) is 15.7 Å². The van der Waals surface area contributed by atoms with Crippen molar-refractivity contribution in [3.8, 4) is 0 Å². The molecule has 0 amide bonds. The number of rotatable bonds is 0. The topological polar surface area (TPSA) is 12.0 Å². The van der Waals surface area contributed by atoms with Crippen molar-refractivity contribution in [3.63, 3.8) is 0 Å². The molecule has 1 aliphatic heterocycles. The quantitative estimate of drug-likeness (QED) is 0.702. The van der Waals surface area contributed by atoms with Crippen LogP contribution in [0, 0.1) is 0 Å². The summed E-state index contributed by atoms with van der Waals surface area (Å²) >= 11 is 3.31. The zero-order valence-corrected chi connectivity index (χ0v) is 7.36. The summed E-state index contributed by atoms with van der Waals surface area (Å²) in [4.78, 5) is 0. The lowest BCUT2D eigenvalue weighted by molar-refractivity contribution is 0.372. The Balaban J connectivity index is 2.58. The smallest absolute Gasteiger partial charge is 0.145 e. The van der Waals surface area contributed by atoms with Crippen LogP contribution in [-0.4, -0.2) is 6.54 Å². The van der Waals surface area contributed by atoms with Crippen molar-refractivity contribution in [2.24, 2.45) is 0 Å². The second kappa shape index (κ2) is 2.48. The summed E-state index contributed by atoms with van der Waals surface area (Å²) in [7, 11) is 0. The molecule has 1 aromatic rings. The molecule has 2 rings (SSSR count). The van der Waals surface area contributed by atoms with E-state index in [9.17, 15) is 4.39 Å². The van der Waals surface area contributed by atoms with Crippen molar-refractivity contribution in [3.05, 3.63) is 28.2 Å². The summed E-state index contributed by atoms with van der Waals surface area (Å²) in [5.41, 5.74) is 1.67. The minimum atomic E-state index is -0.861. The fraction of sp³-hybridized carbons (Fsp3) is 0.250. The van der Waals surface area contributed by atoms with E-state index in [-0.39, 0.29) is 0 Å². The van der Waals surface area contributed by atoms with Crippen LogP contribution in [0.15, 0.2) is 22.7 Å². The van der Waals surface area contributed by atoms with Crippen molar-refractivity contribution in [2.75, 3.05) is 11.9 Å². The molecular weight excluding hydrogens is 209 g/mol. The fourth-order valence-electron chi connectivity index (χ4n) is 1.31. The zero-order valence-electron chi connectivity index (χ0n) is 5.77. The van der Waals surface area contributed by atoms with Gasteiger partial charge in [-0.2, -0.15) is 0 Å². The lowest BCUT2D eigenvalue weighted by Gasteiger charge is -2.01. The standard InChI is InChI=1S/C8H7BrFN/c9-5-2-1-3-7-8(5)6(10)4-11-7/h1-3,6,11H,4H2. The van der Waals surface area contributed by atoms with Crippen molar-refractivity contribution in [2.45, 2.75) is 6.17 Å². The number of fused-ring (bicyclic) bond motifs is 1. The van der Waals surface area contributed by atoms with E-state index in [1.165, 1.54) is 0 Å².